The lowest BCUT2D eigenvalue weighted by Gasteiger charge is -2.42. The van der Waals surface area contributed by atoms with Gasteiger partial charge in [0.25, 0.3) is 11.7 Å². The number of piperidine rings is 1. The van der Waals surface area contributed by atoms with Crippen molar-refractivity contribution >= 4 is 23.4 Å². The number of aliphatic hydroxyl groups excluding tert-OH is 2. The van der Waals surface area contributed by atoms with Crippen molar-refractivity contribution in [2.45, 2.75) is 180 Å². The van der Waals surface area contributed by atoms with Crippen molar-refractivity contribution < 1.29 is 72.5 Å². The molecule has 0 aromatic rings. The molecule has 14 heteroatoms. The molecule has 4 rings (SSSR count). The predicted molar refractivity (Wildman–Crippen MR) is 260 cm³/mol. The van der Waals surface area contributed by atoms with Crippen molar-refractivity contribution in [3.63, 3.8) is 0 Å². The third kappa shape index (κ3) is 15.3. The van der Waals surface area contributed by atoms with Gasteiger partial charge in [-0.1, -0.05) is 77.7 Å². The predicted octanol–water partition coefficient (Wildman–Crippen LogP) is 7.18. The van der Waals surface area contributed by atoms with Gasteiger partial charge in [-0.3, -0.25) is 14.4 Å². The van der Waals surface area contributed by atoms with Crippen molar-refractivity contribution in [2.75, 3.05) is 41.0 Å². The molecular formula is C54H85NO13. The highest BCUT2D eigenvalue weighted by Gasteiger charge is 2.53. The van der Waals surface area contributed by atoms with E-state index in [1.54, 1.807) is 45.1 Å². The van der Waals surface area contributed by atoms with E-state index in [1.165, 1.54) is 21.1 Å². The van der Waals surface area contributed by atoms with Crippen LogP contribution in [-0.2, 0) is 47.6 Å². The molecule has 3 N–H and O–H groups in total. The van der Waals surface area contributed by atoms with E-state index in [4.69, 9.17) is 38.0 Å². The van der Waals surface area contributed by atoms with Gasteiger partial charge >= 0.3 is 5.97 Å². The topological polar surface area (TPSA) is 188 Å². The number of methoxy groups -OCH3 is 3. The van der Waals surface area contributed by atoms with Gasteiger partial charge in [0.2, 0.25) is 5.79 Å². The van der Waals surface area contributed by atoms with Crippen LogP contribution in [0.5, 0.6) is 0 Å². The van der Waals surface area contributed by atoms with Gasteiger partial charge in [-0.15, -0.1) is 0 Å². The van der Waals surface area contributed by atoms with Gasteiger partial charge in [0.1, 0.15) is 30.1 Å². The Labute approximate surface area is 416 Å². The van der Waals surface area contributed by atoms with E-state index < -0.39 is 117 Å². The summed E-state index contributed by atoms with van der Waals surface area (Å²) in [6, 6.07) is -1.34. The molecule has 384 valence electrons. The molecule has 14 nitrogen and oxygen atoms in total. The van der Waals surface area contributed by atoms with Crippen LogP contribution >= 0.6 is 0 Å². The number of nitrogens with zero attached hydrogens (tertiary/aromatic N) is 1. The standard InChI is InChI=1S/C54H85NO13/c1-33-17-13-12-14-18-34(2)46(63-9)31-42-22-20-39(7)54(62,68-42)51(59)52(60)55-24-16-15-19-43(55)53(61)67-47(37(5)29-41-21-23-45(66-26-25-56)48(30-41)64-10)32-44(57)36(4)28-38(6)49(58)50(65-11)40(8)35(3)27-33/h12-14,17-18,28,33,35-37,39,41-43,45-50,56,58,62H,8,15-16,19-27,29-32H2,1-7,9-11H3/b14-12+,17-13+,34-18+,38-28+/t33-,35-,36-,37-,39-,41+,42+,43+,45-,46+,47+,48-,49-,50+,54-/m1/s1/i9D3,20D2,26D2. The van der Waals surface area contributed by atoms with Crippen LogP contribution in [0, 0.1) is 35.5 Å². The van der Waals surface area contributed by atoms with Crippen LogP contribution in [0.15, 0.2) is 59.8 Å². The lowest BCUT2D eigenvalue weighted by Crippen LogP contribution is -2.61. The first-order valence-electron chi connectivity index (χ1n) is 28.0. The van der Waals surface area contributed by atoms with Crippen molar-refractivity contribution in [1.29, 1.82) is 0 Å². The number of carbonyl (C=O) groups excluding carboxylic acids is 4. The van der Waals surface area contributed by atoms with Gasteiger partial charge < -0.3 is 48.6 Å². The molecule has 1 aliphatic carbocycles. The SMILES string of the molecule is [2H]C([2H])([2H])O[C@H]1C[C@@H]2CC([2H])([2H])[C@@H](C)[C@@](O)(O2)C(=O)C(=O)N2CCCC[C@H]2C(=O)O[C@H]([C@H](C)C[C@@H]2CC[C@@H](OC([2H])([2H])CO)[C@H](OC)C2)CC(=O)[C@H](C)/C=C(\C)[C@@H](O)[C@@H](OC)C(=C)[C@H](C)C[C@H](C)/C=C/C=C/C=C/1C. The zero-order chi connectivity index (χ0) is 56.4. The Hall–Kier alpha value is -3.34. The molecule has 0 radical (unpaired) electrons. The molecule has 3 fully saturated rings. The van der Waals surface area contributed by atoms with Crippen LogP contribution < -0.4 is 0 Å². The molecule has 68 heavy (non-hydrogen) atoms. The molecule has 0 spiro atoms. The summed E-state index contributed by atoms with van der Waals surface area (Å²) in [5, 5.41) is 33.3. The van der Waals surface area contributed by atoms with Crippen molar-refractivity contribution in [1.82, 2.24) is 4.90 Å². The van der Waals surface area contributed by atoms with Crippen LogP contribution in [0.1, 0.15) is 135 Å². The number of hydrogen-bond donors (Lipinski definition) is 3. The average Bonchev–Trinajstić information content (AvgIpc) is 3.33. The highest BCUT2D eigenvalue weighted by Crippen LogP contribution is 2.38. The first-order valence-corrected chi connectivity index (χ1v) is 24.5. The Kier molecular flexibility index (Phi) is 18.9. The Morgan fingerprint density at radius 2 is 1.72 bits per heavy atom. The molecule has 15 atom stereocenters. The Morgan fingerprint density at radius 3 is 2.41 bits per heavy atom. The maximum atomic E-state index is 14.6. The summed E-state index contributed by atoms with van der Waals surface area (Å²) in [6.07, 6.45) is 3.89. The van der Waals surface area contributed by atoms with E-state index in [2.05, 4.69) is 6.58 Å². The summed E-state index contributed by atoms with van der Waals surface area (Å²) in [5.74, 6) is -10.1. The number of cyclic esters (lactones) is 1. The molecule has 3 heterocycles. The third-order valence-electron chi connectivity index (χ3n) is 14.5. The Morgan fingerprint density at radius 1 is 0.971 bits per heavy atom. The fourth-order valence-electron chi connectivity index (χ4n) is 10.1. The van der Waals surface area contributed by atoms with Gasteiger partial charge in [-0.25, -0.2) is 4.79 Å². The molecule has 2 bridgehead atoms. The van der Waals surface area contributed by atoms with E-state index in [1.807, 2.05) is 32.9 Å². The normalized spacial score (nSPS) is 41.8. The van der Waals surface area contributed by atoms with Gasteiger partial charge in [0.15, 0.2) is 0 Å². The molecule has 2 saturated heterocycles. The number of ketones is 2. The average molecular weight is 963 g/mol. The molecule has 3 aliphatic heterocycles. The van der Waals surface area contributed by atoms with E-state index in [0.29, 0.717) is 61.7 Å². The number of aliphatic hydroxyl groups is 3. The van der Waals surface area contributed by atoms with E-state index in [9.17, 15) is 34.5 Å². The summed E-state index contributed by atoms with van der Waals surface area (Å²) >= 11 is 0. The Balaban J connectivity index is 1.77. The monoisotopic (exact) mass is 963 g/mol. The molecule has 0 aromatic heterocycles. The first kappa shape index (κ1) is 47.0. The number of fused-ring (bicyclic) bond motifs is 3. The highest BCUT2D eigenvalue weighted by atomic mass is 16.6. The maximum absolute atomic E-state index is 14.6. The smallest absolute Gasteiger partial charge is 0.329 e. The van der Waals surface area contributed by atoms with Crippen LogP contribution in [0.4, 0.5) is 0 Å². The largest absolute Gasteiger partial charge is 0.460 e. The number of amides is 1. The minimum atomic E-state index is -3.04. The number of carbonyl (C=O) groups is 4. The van der Waals surface area contributed by atoms with E-state index in [-0.39, 0.29) is 55.8 Å². The number of esters is 1. The summed E-state index contributed by atoms with van der Waals surface area (Å²) in [6.45, 7) is 13.2. The minimum Gasteiger partial charge on any atom is -0.460 e. The fourth-order valence-corrected chi connectivity index (χ4v) is 10.1. The third-order valence-corrected chi connectivity index (χ3v) is 14.5. The summed E-state index contributed by atoms with van der Waals surface area (Å²) in [7, 11) is 0.0650. The number of hydrogen-bond acceptors (Lipinski definition) is 13. The fraction of sp³-hybridized carbons (Fsp3) is 0.741. The van der Waals surface area contributed by atoms with Crippen LogP contribution in [-0.4, -0.2) is 139 Å². The number of Topliss-reactive ketones (excluding diaryl/α,β-unsaturated/α-hetero) is 2. The summed E-state index contributed by atoms with van der Waals surface area (Å²) in [4.78, 5) is 58.9. The maximum Gasteiger partial charge on any atom is 0.329 e. The molecular weight excluding hydrogens is 871 g/mol. The van der Waals surface area contributed by atoms with E-state index >= 15 is 0 Å². The Bertz CT molecular complexity index is 2100. The van der Waals surface area contributed by atoms with Crippen molar-refractivity contribution in [3.05, 3.63) is 59.8 Å². The number of rotatable bonds is 9. The van der Waals surface area contributed by atoms with Gasteiger partial charge in [0.05, 0.1) is 44.4 Å². The lowest BCUT2D eigenvalue weighted by molar-refractivity contribution is -0.265. The molecule has 1 amide bonds. The lowest BCUT2D eigenvalue weighted by atomic mass is 9.78. The van der Waals surface area contributed by atoms with Gasteiger partial charge in [0, 0.05) is 55.2 Å². The van der Waals surface area contributed by atoms with Gasteiger partial charge in [-0.05, 0) is 118 Å². The molecule has 0 unspecified atom stereocenters. The number of ether oxygens (including phenoxy) is 6. The zero-order valence-electron chi connectivity index (χ0n) is 48.8. The van der Waals surface area contributed by atoms with Gasteiger partial charge in [-0.2, -0.15) is 0 Å². The second-order valence-electron chi connectivity index (χ2n) is 19.7. The molecule has 1 saturated carbocycles. The van der Waals surface area contributed by atoms with Crippen LogP contribution in [0.25, 0.3) is 0 Å². The second kappa shape index (κ2) is 27.3. The minimum absolute atomic E-state index is 0.0347. The second-order valence-corrected chi connectivity index (χ2v) is 19.7. The first-order chi connectivity index (χ1) is 34.9. The molecule has 4 aliphatic rings. The summed E-state index contributed by atoms with van der Waals surface area (Å²) in [5.41, 5.74) is 1.53. The van der Waals surface area contributed by atoms with Crippen molar-refractivity contribution in [3.8, 4) is 0 Å². The summed E-state index contributed by atoms with van der Waals surface area (Å²) < 4.78 is 92.4. The highest BCUT2D eigenvalue weighted by molar-refractivity contribution is 6.39. The van der Waals surface area contributed by atoms with Crippen LogP contribution in [0.3, 0.4) is 0 Å². The molecule has 0 aromatic carbocycles. The zero-order valence-corrected chi connectivity index (χ0v) is 41.8. The number of allylic oxidation sites excluding steroid dienone is 6. The van der Waals surface area contributed by atoms with Crippen LogP contribution in [0.2, 0.25) is 0 Å². The quantitative estimate of drug-likeness (QED) is 0.120. The van der Waals surface area contributed by atoms with E-state index in [0.717, 1.165) is 4.90 Å². The van der Waals surface area contributed by atoms with Crippen molar-refractivity contribution in [2.24, 2.45) is 35.5 Å².